The van der Waals surface area contributed by atoms with Gasteiger partial charge in [0.2, 0.25) is 11.8 Å². The van der Waals surface area contributed by atoms with E-state index in [-0.39, 0.29) is 50.2 Å². The summed E-state index contributed by atoms with van der Waals surface area (Å²) in [5.41, 5.74) is 0.398. The highest BCUT2D eigenvalue weighted by Gasteiger charge is 2.66. The maximum atomic E-state index is 12.9. The summed E-state index contributed by atoms with van der Waals surface area (Å²) in [6, 6.07) is 5.02. The minimum atomic E-state index is -0.245. The van der Waals surface area contributed by atoms with Crippen LogP contribution in [0.3, 0.4) is 0 Å². The first-order chi connectivity index (χ1) is 10.4. The van der Waals surface area contributed by atoms with Gasteiger partial charge in [-0.15, -0.1) is 0 Å². The van der Waals surface area contributed by atoms with Crippen LogP contribution < -0.4 is 4.90 Å². The molecule has 1 aromatic carbocycles. The summed E-state index contributed by atoms with van der Waals surface area (Å²) in [5, 5.41) is 0.598. The number of fused-ring (bicyclic) bond motifs is 5. The van der Waals surface area contributed by atoms with Gasteiger partial charge in [-0.3, -0.25) is 9.59 Å². The summed E-state index contributed by atoms with van der Waals surface area (Å²) in [7, 11) is 0. The van der Waals surface area contributed by atoms with Gasteiger partial charge in [0, 0.05) is 9.65 Å². The molecule has 6 atom stereocenters. The minimum Gasteiger partial charge on any atom is -0.274 e. The third-order valence-electron chi connectivity index (χ3n) is 5.16. The van der Waals surface area contributed by atoms with E-state index in [0.717, 1.165) is 6.42 Å². The van der Waals surface area contributed by atoms with Crippen molar-refractivity contribution >= 4 is 72.6 Å². The third kappa shape index (κ3) is 1.86. The van der Waals surface area contributed by atoms with Gasteiger partial charge in [0.25, 0.3) is 0 Å². The largest absolute Gasteiger partial charge is 0.274 e. The van der Waals surface area contributed by atoms with E-state index in [1.807, 2.05) is 0 Å². The average Bonchev–Trinajstić information content (AvgIpc) is 3.08. The number of anilines is 1. The summed E-state index contributed by atoms with van der Waals surface area (Å²) >= 11 is 19.6. The molecule has 116 valence electrons. The van der Waals surface area contributed by atoms with E-state index < -0.39 is 0 Å². The molecule has 3 nitrogen and oxygen atoms in total. The Morgan fingerprint density at radius 2 is 1.55 bits per heavy atom. The summed E-state index contributed by atoms with van der Waals surface area (Å²) in [4.78, 5) is 27.4. The number of nitrogens with zero attached hydrogens (tertiary/aromatic N) is 1. The molecule has 2 amide bonds. The Balaban J connectivity index is 1.78. The molecule has 2 bridgehead atoms. The lowest BCUT2D eigenvalue weighted by Crippen LogP contribution is -2.37. The van der Waals surface area contributed by atoms with Crippen molar-refractivity contribution in [2.24, 2.45) is 23.7 Å². The zero-order valence-electron chi connectivity index (χ0n) is 11.2. The van der Waals surface area contributed by atoms with E-state index in [1.54, 1.807) is 18.2 Å². The Labute approximate surface area is 154 Å². The van der Waals surface area contributed by atoms with Crippen LogP contribution in [0.2, 0.25) is 10.0 Å². The number of amides is 2. The average molecular weight is 468 g/mol. The van der Waals surface area contributed by atoms with Crippen LogP contribution in [-0.2, 0) is 9.59 Å². The Hall–Kier alpha value is -0.100. The molecule has 7 heteroatoms. The number of hydrogen-bond acceptors (Lipinski definition) is 2. The van der Waals surface area contributed by atoms with E-state index in [2.05, 4.69) is 31.9 Å². The van der Waals surface area contributed by atoms with Gasteiger partial charge in [-0.25, -0.2) is 4.90 Å². The summed E-state index contributed by atoms with van der Waals surface area (Å²) in [5.74, 6) is -0.389. The number of carbonyl (C=O) groups is 2. The van der Waals surface area contributed by atoms with Crippen molar-refractivity contribution in [3.63, 3.8) is 0 Å². The van der Waals surface area contributed by atoms with Crippen molar-refractivity contribution in [2.45, 2.75) is 16.1 Å². The zero-order valence-corrected chi connectivity index (χ0v) is 15.9. The van der Waals surface area contributed by atoms with E-state index in [1.165, 1.54) is 4.90 Å². The number of benzene rings is 1. The van der Waals surface area contributed by atoms with Crippen LogP contribution in [-0.4, -0.2) is 21.5 Å². The highest BCUT2D eigenvalue weighted by Crippen LogP contribution is 2.60. The molecule has 1 saturated heterocycles. The Bertz CT molecular complexity index is 666. The van der Waals surface area contributed by atoms with Crippen molar-refractivity contribution < 1.29 is 9.59 Å². The fourth-order valence-corrected chi connectivity index (χ4v) is 6.50. The monoisotopic (exact) mass is 465 g/mol. The van der Waals surface area contributed by atoms with Gasteiger partial charge in [-0.2, -0.15) is 0 Å². The molecule has 1 heterocycles. The second-order valence-electron chi connectivity index (χ2n) is 6.09. The van der Waals surface area contributed by atoms with Crippen molar-refractivity contribution in [2.75, 3.05) is 4.90 Å². The molecular weight excluding hydrogens is 457 g/mol. The van der Waals surface area contributed by atoms with Crippen molar-refractivity contribution in [1.29, 1.82) is 0 Å². The topological polar surface area (TPSA) is 37.4 Å². The molecule has 22 heavy (non-hydrogen) atoms. The quantitative estimate of drug-likeness (QED) is 0.457. The van der Waals surface area contributed by atoms with E-state index in [4.69, 9.17) is 23.2 Å². The van der Waals surface area contributed by atoms with Crippen LogP contribution in [0.25, 0.3) is 0 Å². The molecule has 0 unspecified atom stereocenters. The fraction of sp³-hybridized carbons (Fsp3) is 0.467. The molecular formula is C15H11Br2Cl2NO2. The number of hydrogen-bond donors (Lipinski definition) is 0. The molecule has 2 saturated carbocycles. The number of imide groups is 1. The minimum absolute atomic E-state index is 0.143. The van der Waals surface area contributed by atoms with E-state index >= 15 is 0 Å². The number of carbonyl (C=O) groups excluding carboxylic acids is 2. The SMILES string of the molecule is O=C1[C@@H]2[C@H]3C[C@@H]([C@H](Br)[C@H]3Br)[C@H]2C(=O)N1c1cccc(Cl)c1Cl. The molecule has 1 aliphatic heterocycles. The smallest absolute Gasteiger partial charge is 0.238 e. The molecule has 2 aliphatic carbocycles. The van der Waals surface area contributed by atoms with Gasteiger partial charge < -0.3 is 0 Å². The van der Waals surface area contributed by atoms with Crippen LogP contribution >= 0.6 is 55.1 Å². The molecule has 0 spiro atoms. The molecule has 0 aromatic heterocycles. The molecule has 0 radical (unpaired) electrons. The standard InChI is InChI=1S/C15H11Br2Cl2NO2/c16-11-5-4-6(12(11)17)10-9(5)14(21)20(15(10)22)8-3-1-2-7(18)13(8)19/h1-3,5-6,9-12H,4H2/t5-,6-,9-,10-,11+,12+/m1/s1. The molecule has 4 rings (SSSR count). The number of halogens is 4. The Morgan fingerprint density at radius 1 is 1.00 bits per heavy atom. The zero-order chi connectivity index (χ0) is 15.8. The van der Waals surface area contributed by atoms with Crippen LogP contribution in [0.4, 0.5) is 5.69 Å². The van der Waals surface area contributed by atoms with Crippen molar-refractivity contribution in [3.05, 3.63) is 28.2 Å². The van der Waals surface area contributed by atoms with E-state index in [0.29, 0.717) is 10.7 Å². The lowest BCUT2D eigenvalue weighted by Gasteiger charge is -2.28. The van der Waals surface area contributed by atoms with Crippen LogP contribution in [0, 0.1) is 23.7 Å². The van der Waals surface area contributed by atoms with Crippen LogP contribution in [0.1, 0.15) is 6.42 Å². The predicted octanol–water partition coefficient (Wildman–Crippen LogP) is 4.28. The van der Waals surface area contributed by atoms with Gasteiger partial charge in [0.15, 0.2) is 0 Å². The highest BCUT2D eigenvalue weighted by molar-refractivity contribution is 9.12. The first-order valence-corrected chi connectivity index (χ1v) is 9.62. The van der Waals surface area contributed by atoms with Gasteiger partial charge in [-0.05, 0) is 30.4 Å². The second-order valence-corrected chi connectivity index (χ2v) is 8.99. The van der Waals surface area contributed by atoms with E-state index in [9.17, 15) is 9.59 Å². The maximum absolute atomic E-state index is 12.9. The van der Waals surface area contributed by atoms with Crippen molar-refractivity contribution in [1.82, 2.24) is 0 Å². The Kier molecular flexibility index (Phi) is 3.65. The van der Waals surface area contributed by atoms with Gasteiger partial charge in [0.05, 0.1) is 27.6 Å². The number of alkyl halides is 2. The summed E-state index contributed by atoms with van der Waals surface area (Å²) in [6.07, 6.45) is 0.912. The second kappa shape index (κ2) is 5.20. The van der Waals surface area contributed by atoms with Gasteiger partial charge in [-0.1, -0.05) is 61.1 Å². The predicted molar refractivity (Wildman–Crippen MR) is 93.0 cm³/mol. The highest BCUT2D eigenvalue weighted by atomic mass is 79.9. The summed E-state index contributed by atoms with van der Waals surface area (Å²) in [6.45, 7) is 0. The lowest BCUT2D eigenvalue weighted by molar-refractivity contribution is -0.123. The summed E-state index contributed by atoms with van der Waals surface area (Å²) < 4.78 is 0. The normalized spacial score (nSPS) is 39.7. The molecule has 3 aliphatic rings. The molecule has 3 fully saturated rings. The third-order valence-corrected chi connectivity index (χ3v) is 9.17. The van der Waals surface area contributed by atoms with Gasteiger partial charge in [0.1, 0.15) is 0 Å². The first kappa shape index (κ1) is 15.4. The molecule has 1 aromatic rings. The van der Waals surface area contributed by atoms with Gasteiger partial charge >= 0.3 is 0 Å². The fourth-order valence-electron chi connectivity index (χ4n) is 4.25. The van der Waals surface area contributed by atoms with Crippen molar-refractivity contribution in [3.8, 4) is 0 Å². The first-order valence-electron chi connectivity index (χ1n) is 7.03. The number of rotatable bonds is 1. The Morgan fingerprint density at radius 3 is 2.09 bits per heavy atom. The lowest BCUT2D eigenvalue weighted by atomic mass is 9.81. The van der Waals surface area contributed by atoms with Crippen LogP contribution in [0.5, 0.6) is 0 Å². The van der Waals surface area contributed by atoms with Crippen LogP contribution in [0.15, 0.2) is 18.2 Å². The molecule has 0 N–H and O–H groups in total. The maximum Gasteiger partial charge on any atom is 0.238 e.